The largest absolute Gasteiger partial charge is 0.381 e. The fourth-order valence-corrected chi connectivity index (χ4v) is 3.47. The van der Waals surface area contributed by atoms with Crippen molar-refractivity contribution in [2.24, 2.45) is 5.73 Å². The average molecular weight is 319 g/mol. The van der Waals surface area contributed by atoms with Crippen LogP contribution >= 0.6 is 11.6 Å². The number of halogens is 1. The molecule has 0 aliphatic heterocycles. The summed E-state index contributed by atoms with van der Waals surface area (Å²) >= 11 is 6.15. The molecule has 1 aliphatic rings. The standard InChI is InChI=1S/C17H23ClN4/c18-14-7-4-8-15(11-14)22-17(13-5-2-1-3-6-13)16(12-21-22)20-10-9-19/h4,7-8,11-13,20H,1-3,5-6,9-10,19H2. The predicted octanol–water partition coefficient (Wildman–Crippen LogP) is 3.94. The van der Waals surface area contributed by atoms with E-state index < -0.39 is 0 Å². The Labute approximate surface area is 136 Å². The quantitative estimate of drug-likeness (QED) is 0.877. The Morgan fingerprint density at radius 2 is 2.09 bits per heavy atom. The topological polar surface area (TPSA) is 55.9 Å². The molecular weight excluding hydrogens is 296 g/mol. The minimum absolute atomic E-state index is 0.551. The zero-order chi connectivity index (χ0) is 15.4. The molecule has 0 bridgehead atoms. The van der Waals surface area contributed by atoms with Gasteiger partial charge in [0.05, 0.1) is 23.3 Å². The van der Waals surface area contributed by atoms with Gasteiger partial charge in [-0.2, -0.15) is 5.10 Å². The average Bonchev–Trinajstić information content (AvgIpc) is 2.97. The molecule has 1 fully saturated rings. The molecule has 3 N–H and O–H groups in total. The second kappa shape index (κ2) is 7.16. The lowest BCUT2D eigenvalue weighted by atomic mass is 9.86. The van der Waals surface area contributed by atoms with Gasteiger partial charge in [0.1, 0.15) is 0 Å². The first-order chi connectivity index (χ1) is 10.8. The van der Waals surface area contributed by atoms with Crippen LogP contribution in [0.25, 0.3) is 5.69 Å². The van der Waals surface area contributed by atoms with Crippen LogP contribution in [0.5, 0.6) is 0 Å². The van der Waals surface area contributed by atoms with Crippen LogP contribution in [0.15, 0.2) is 30.5 Å². The van der Waals surface area contributed by atoms with Gasteiger partial charge < -0.3 is 11.1 Å². The van der Waals surface area contributed by atoms with E-state index in [4.69, 9.17) is 17.3 Å². The van der Waals surface area contributed by atoms with Gasteiger partial charge in [-0.05, 0) is 31.0 Å². The van der Waals surface area contributed by atoms with Crippen molar-refractivity contribution in [2.45, 2.75) is 38.0 Å². The van der Waals surface area contributed by atoms with Gasteiger partial charge in [-0.1, -0.05) is 36.9 Å². The van der Waals surface area contributed by atoms with Crippen molar-refractivity contribution in [3.05, 3.63) is 41.2 Å². The SMILES string of the molecule is NCCNc1cnn(-c2cccc(Cl)c2)c1C1CCCCC1. The number of aromatic nitrogens is 2. The second-order valence-electron chi connectivity index (χ2n) is 5.89. The summed E-state index contributed by atoms with van der Waals surface area (Å²) in [5, 5.41) is 8.77. The summed E-state index contributed by atoms with van der Waals surface area (Å²) in [5.74, 6) is 0.551. The van der Waals surface area contributed by atoms with Crippen molar-refractivity contribution in [3.8, 4) is 5.69 Å². The zero-order valence-electron chi connectivity index (χ0n) is 12.8. The van der Waals surface area contributed by atoms with Crippen LogP contribution in [-0.4, -0.2) is 22.9 Å². The third kappa shape index (κ3) is 3.28. The summed E-state index contributed by atoms with van der Waals surface area (Å²) in [7, 11) is 0. The van der Waals surface area contributed by atoms with E-state index in [0.717, 1.165) is 22.9 Å². The van der Waals surface area contributed by atoms with Crippen LogP contribution in [0.2, 0.25) is 5.02 Å². The number of anilines is 1. The van der Waals surface area contributed by atoms with Gasteiger partial charge >= 0.3 is 0 Å². The van der Waals surface area contributed by atoms with E-state index in [1.54, 1.807) is 0 Å². The normalized spacial score (nSPS) is 15.9. The highest BCUT2D eigenvalue weighted by Crippen LogP contribution is 2.37. The Hall–Kier alpha value is -1.52. The minimum atomic E-state index is 0.551. The number of nitrogens with two attached hydrogens (primary N) is 1. The molecule has 2 aromatic rings. The van der Waals surface area contributed by atoms with Crippen LogP contribution in [0.3, 0.4) is 0 Å². The van der Waals surface area contributed by atoms with Crippen LogP contribution in [0.1, 0.15) is 43.7 Å². The molecule has 0 unspecified atom stereocenters. The van der Waals surface area contributed by atoms with E-state index in [1.807, 2.05) is 29.1 Å². The number of hydrogen-bond acceptors (Lipinski definition) is 3. The highest BCUT2D eigenvalue weighted by atomic mass is 35.5. The smallest absolute Gasteiger partial charge is 0.0767 e. The number of rotatable bonds is 5. The second-order valence-corrected chi connectivity index (χ2v) is 6.32. The fraction of sp³-hybridized carbons (Fsp3) is 0.471. The van der Waals surface area contributed by atoms with Crippen LogP contribution in [-0.2, 0) is 0 Å². The van der Waals surface area contributed by atoms with E-state index in [9.17, 15) is 0 Å². The highest BCUT2D eigenvalue weighted by Gasteiger charge is 2.23. The Morgan fingerprint density at radius 3 is 2.82 bits per heavy atom. The minimum Gasteiger partial charge on any atom is -0.381 e. The molecule has 1 aromatic heterocycles. The maximum atomic E-state index is 6.15. The summed E-state index contributed by atoms with van der Waals surface area (Å²) < 4.78 is 2.04. The molecule has 4 nitrogen and oxygen atoms in total. The van der Waals surface area contributed by atoms with Gasteiger partial charge in [0.2, 0.25) is 0 Å². The van der Waals surface area contributed by atoms with Gasteiger partial charge in [0.25, 0.3) is 0 Å². The monoisotopic (exact) mass is 318 g/mol. The molecule has 0 amide bonds. The summed E-state index contributed by atoms with van der Waals surface area (Å²) in [6, 6.07) is 7.88. The van der Waals surface area contributed by atoms with Gasteiger partial charge in [-0.3, -0.25) is 0 Å². The first kappa shape index (κ1) is 15.4. The van der Waals surface area contributed by atoms with Crippen molar-refractivity contribution < 1.29 is 0 Å². The van der Waals surface area contributed by atoms with Gasteiger partial charge in [0.15, 0.2) is 0 Å². The van der Waals surface area contributed by atoms with E-state index in [1.165, 1.54) is 37.8 Å². The molecule has 5 heteroatoms. The lowest BCUT2D eigenvalue weighted by Crippen LogP contribution is -2.16. The number of benzene rings is 1. The van der Waals surface area contributed by atoms with Crippen molar-refractivity contribution in [3.63, 3.8) is 0 Å². The van der Waals surface area contributed by atoms with E-state index >= 15 is 0 Å². The number of nitrogens with zero attached hydrogens (tertiary/aromatic N) is 2. The summed E-state index contributed by atoms with van der Waals surface area (Å²) in [6.07, 6.45) is 8.30. The number of hydrogen-bond donors (Lipinski definition) is 2. The molecule has 22 heavy (non-hydrogen) atoms. The van der Waals surface area contributed by atoms with Crippen LogP contribution in [0, 0.1) is 0 Å². The van der Waals surface area contributed by atoms with Gasteiger partial charge in [-0.15, -0.1) is 0 Å². The lowest BCUT2D eigenvalue weighted by molar-refractivity contribution is 0.430. The molecule has 0 radical (unpaired) electrons. The number of nitrogens with one attached hydrogen (secondary N) is 1. The van der Waals surface area contributed by atoms with Crippen molar-refractivity contribution >= 4 is 17.3 Å². The molecule has 1 aliphatic carbocycles. The van der Waals surface area contributed by atoms with Gasteiger partial charge in [-0.25, -0.2) is 4.68 Å². The van der Waals surface area contributed by atoms with Crippen molar-refractivity contribution in [1.82, 2.24) is 9.78 Å². The maximum Gasteiger partial charge on any atom is 0.0767 e. The predicted molar refractivity (Wildman–Crippen MR) is 91.9 cm³/mol. The van der Waals surface area contributed by atoms with E-state index in [-0.39, 0.29) is 0 Å². The Kier molecular flexibility index (Phi) is 5.01. The van der Waals surface area contributed by atoms with Gasteiger partial charge in [0, 0.05) is 24.0 Å². The summed E-state index contributed by atoms with van der Waals surface area (Å²) in [4.78, 5) is 0. The Morgan fingerprint density at radius 1 is 1.27 bits per heavy atom. The molecule has 3 rings (SSSR count). The van der Waals surface area contributed by atoms with E-state index in [2.05, 4.69) is 16.5 Å². The first-order valence-electron chi connectivity index (χ1n) is 8.07. The van der Waals surface area contributed by atoms with Crippen molar-refractivity contribution in [1.29, 1.82) is 0 Å². The molecule has 118 valence electrons. The third-order valence-corrected chi connectivity index (χ3v) is 4.55. The Balaban J connectivity index is 1.99. The Bertz CT molecular complexity index is 617. The molecule has 0 atom stereocenters. The molecule has 0 spiro atoms. The fourth-order valence-electron chi connectivity index (χ4n) is 3.28. The van der Waals surface area contributed by atoms with E-state index in [0.29, 0.717) is 12.5 Å². The van der Waals surface area contributed by atoms with Crippen LogP contribution in [0.4, 0.5) is 5.69 Å². The first-order valence-corrected chi connectivity index (χ1v) is 8.45. The molecule has 1 aromatic carbocycles. The highest BCUT2D eigenvalue weighted by molar-refractivity contribution is 6.30. The molecule has 0 saturated heterocycles. The maximum absolute atomic E-state index is 6.15. The van der Waals surface area contributed by atoms with Crippen molar-refractivity contribution in [2.75, 3.05) is 18.4 Å². The zero-order valence-corrected chi connectivity index (χ0v) is 13.5. The van der Waals surface area contributed by atoms with Crippen LogP contribution < -0.4 is 11.1 Å². The summed E-state index contributed by atoms with van der Waals surface area (Å²) in [6.45, 7) is 1.38. The summed E-state index contributed by atoms with van der Waals surface area (Å²) in [5.41, 5.74) is 9.04. The lowest BCUT2D eigenvalue weighted by Gasteiger charge is -2.24. The molecular formula is C17H23ClN4. The molecule has 1 heterocycles. The third-order valence-electron chi connectivity index (χ3n) is 4.31. The molecule has 1 saturated carbocycles.